The van der Waals surface area contributed by atoms with Crippen LogP contribution in [0.3, 0.4) is 0 Å². The van der Waals surface area contributed by atoms with E-state index in [4.69, 9.17) is 14.2 Å². The van der Waals surface area contributed by atoms with E-state index in [2.05, 4.69) is 5.32 Å². The number of carbonyl (C=O) groups excluding carboxylic acids is 1. The second-order valence-electron chi connectivity index (χ2n) is 4.53. The molecule has 0 saturated heterocycles. The molecule has 2 N–H and O–H groups in total. The molecule has 0 aliphatic carbocycles. The summed E-state index contributed by atoms with van der Waals surface area (Å²) < 4.78 is 15.8. The van der Waals surface area contributed by atoms with Crippen LogP contribution in [0.15, 0.2) is 18.2 Å². The molecule has 20 heavy (non-hydrogen) atoms. The summed E-state index contributed by atoms with van der Waals surface area (Å²) in [6, 6.07) is 5.05. The fourth-order valence-electron chi connectivity index (χ4n) is 1.87. The molecule has 6 nitrogen and oxygen atoms in total. The van der Waals surface area contributed by atoms with Crippen molar-refractivity contribution in [1.82, 2.24) is 5.32 Å². The zero-order chi connectivity index (χ0) is 14.4. The van der Waals surface area contributed by atoms with Gasteiger partial charge in [-0.15, -0.1) is 0 Å². The maximum Gasteiger partial charge on any atom is 0.251 e. The second-order valence-corrected chi connectivity index (χ2v) is 4.53. The van der Waals surface area contributed by atoms with E-state index in [9.17, 15) is 9.90 Å². The van der Waals surface area contributed by atoms with Gasteiger partial charge in [0.1, 0.15) is 0 Å². The molecule has 0 spiro atoms. The van der Waals surface area contributed by atoms with E-state index < -0.39 is 6.10 Å². The zero-order valence-corrected chi connectivity index (χ0v) is 11.4. The minimum absolute atomic E-state index is 0.140. The molecule has 1 aromatic carbocycles. The average Bonchev–Trinajstić information content (AvgIpc) is 2.69. The van der Waals surface area contributed by atoms with Crippen LogP contribution < -0.4 is 14.8 Å². The van der Waals surface area contributed by atoms with Gasteiger partial charge in [-0.05, 0) is 18.2 Å². The first-order valence-electron chi connectivity index (χ1n) is 6.55. The largest absolute Gasteiger partial charge is 0.490 e. The van der Waals surface area contributed by atoms with Crippen molar-refractivity contribution in [3.05, 3.63) is 23.8 Å². The molecular weight excluding hydrogens is 262 g/mol. The Morgan fingerprint density at radius 2 is 2.15 bits per heavy atom. The number of fused-ring (bicyclic) bond motifs is 1. The quantitative estimate of drug-likeness (QED) is 0.826. The van der Waals surface area contributed by atoms with Crippen LogP contribution in [0.4, 0.5) is 0 Å². The Bertz CT molecular complexity index is 463. The molecular formula is C14H19NO5. The van der Waals surface area contributed by atoms with E-state index in [1.807, 2.05) is 0 Å². The van der Waals surface area contributed by atoms with E-state index in [0.29, 0.717) is 30.3 Å². The van der Waals surface area contributed by atoms with E-state index in [-0.39, 0.29) is 19.1 Å². The Kier molecular flexibility index (Phi) is 5.20. The molecule has 1 unspecified atom stereocenters. The lowest BCUT2D eigenvalue weighted by atomic mass is 10.2. The van der Waals surface area contributed by atoms with Crippen LogP contribution in [-0.2, 0) is 4.74 Å². The van der Waals surface area contributed by atoms with Gasteiger partial charge >= 0.3 is 0 Å². The van der Waals surface area contributed by atoms with Crippen molar-refractivity contribution in [3.8, 4) is 11.5 Å². The molecule has 0 aromatic heterocycles. The molecule has 1 aliphatic heterocycles. The van der Waals surface area contributed by atoms with Crippen LogP contribution in [0.25, 0.3) is 0 Å². The first-order chi connectivity index (χ1) is 9.70. The summed E-state index contributed by atoms with van der Waals surface area (Å²) in [5, 5.41) is 12.1. The standard InChI is InChI=1S/C14H19NO5/c1-18-9-11(16)8-15-14(17)10-3-4-12-13(7-10)20-6-2-5-19-12/h3-4,7,11,16H,2,5-6,8-9H2,1H3,(H,15,17). The molecule has 0 radical (unpaired) electrons. The molecule has 1 heterocycles. The molecule has 110 valence electrons. The average molecular weight is 281 g/mol. The molecule has 0 fully saturated rings. The number of hydrogen-bond donors (Lipinski definition) is 2. The van der Waals surface area contributed by atoms with Crippen molar-refractivity contribution in [3.63, 3.8) is 0 Å². The number of rotatable bonds is 5. The van der Waals surface area contributed by atoms with Gasteiger partial charge in [0.05, 0.1) is 25.9 Å². The molecule has 6 heteroatoms. The van der Waals surface area contributed by atoms with E-state index in [1.165, 1.54) is 7.11 Å². The third-order valence-corrected chi connectivity index (χ3v) is 2.87. The van der Waals surface area contributed by atoms with Crippen LogP contribution in [0, 0.1) is 0 Å². The van der Waals surface area contributed by atoms with Crippen LogP contribution in [0.1, 0.15) is 16.8 Å². The maximum absolute atomic E-state index is 12.0. The smallest absolute Gasteiger partial charge is 0.251 e. The van der Waals surface area contributed by atoms with Crippen LogP contribution in [0.5, 0.6) is 11.5 Å². The Balaban J connectivity index is 1.98. The van der Waals surface area contributed by atoms with Crippen molar-refractivity contribution in [2.75, 3.05) is 33.5 Å². The fraction of sp³-hybridized carbons (Fsp3) is 0.500. The van der Waals surface area contributed by atoms with Gasteiger partial charge in [0.25, 0.3) is 5.91 Å². The van der Waals surface area contributed by atoms with Crippen molar-refractivity contribution in [2.45, 2.75) is 12.5 Å². The highest BCUT2D eigenvalue weighted by atomic mass is 16.5. The lowest BCUT2D eigenvalue weighted by molar-refractivity contribution is 0.0609. The normalized spacial score (nSPS) is 15.3. The first-order valence-corrected chi connectivity index (χ1v) is 6.55. The monoisotopic (exact) mass is 281 g/mol. The summed E-state index contributed by atoms with van der Waals surface area (Å²) in [5.74, 6) is 0.960. The Labute approximate surface area is 117 Å². The molecule has 1 aliphatic rings. The van der Waals surface area contributed by atoms with E-state index >= 15 is 0 Å². The lowest BCUT2D eigenvalue weighted by Gasteiger charge is -2.12. The Morgan fingerprint density at radius 3 is 2.90 bits per heavy atom. The SMILES string of the molecule is COCC(O)CNC(=O)c1ccc2c(c1)OCCCO2. The lowest BCUT2D eigenvalue weighted by Crippen LogP contribution is -2.34. The number of methoxy groups -OCH3 is 1. The van der Waals surface area contributed by atoms with Gasteiger partial charge in [0, 0.05) is 25.6 Å². The van der Waals surface area contributed by atoms with Gasteiger partial charge in [-0.2, -0.15) is 0 Å². The molecule has 1 aromatic rings. The summed E-state index contributed by atoms with van der Waals surface area (Å²) in [4.78, 5) is 12.0. The predicted molar refractivity (Wildman–Crippen MR) is 72.3 cm³/mol. The molecule has 2 rings (SSSR count). The second kappa shape index (κ2) is 7.12. The van der Waals surface area contributed by atoms with Crippen molar-refractivity contribution < 1.29 is 24.1 Å². The van der Waals surface area contributed by atoms with Crippen molar-refractivity contribution in [2.24, 2.45) is 0 Å². The highest BCUT2D eigenvalue weighted by molar-refractivity contribution is 5.94. The number of ether oxygens (including phenoxy) is 3. The first kappa shape index (κ1) is 14.6. The number of carbonyl (C=O) groups is 1. The summed E-state index contributed by atoms with van der Waals surface area (Å²) >= 11 is 0. The third kappa shape index (κ3) is 3.85. The Morgan fingerprint density at radius 1 is 1.40 bits per heavy atom. The highest BCUT2D eigenvalue weighted by Gasteiger charge is 2.14. The van der Waals surface area contributed by atoms with Crippen LogP contribution in [-0.4, -0.2) is 50.6 Å². The van der Waals surface area contributed by atoms with Crippen LogP contribution >= 0.6 is 0 Å². The molecule has 0 saturated carbocycles. The summed E-state index contributed by atoms with van der Waals surface area (Å²) in [6.45, 7) is 1.51. The third-order valence-electron chi connectivity index (χ3n) is 2.87. The molecule has 1 atom stereocenters. The number of nitrogens with one attached hydrogen (secondary N) is 1. The van der Waals surface area contributed by atoms with Crippen molar-refractivity contribution in [1.29, 1.82) is 0 Å². The van der Waals surface area contributed by atoms with Crippen molar-refractivity contribution >= 4 is 5.91 Å². The maximum atomic E-state index is 12.0. The topological polar surface area (TPSA) is 77.0 Å². The summed E-state index contributed by atoms with van der Waals surface area (Å²) in [6.07, 6.45) is 0.101. The fourth-order valence-corrected chi connectivity index (χ4v) is 1.87. The van der Waals surface area contributed by atoms with Gasteiger partial charge in [0.15, 0.2) is 11.5 Å². The molecule has 1 amide bonds. The van der Waals surface area contributed by atoms with Gasteiger partial charge in [-0.25, -0.2) is 0 Å². The summed E-state index contributed by atoms with van der Waals surface area (Å²) in [5.41, 5.74) is 0.471. The minimum atomic E-state index is -0.718. The number of amides is 1. The number of aliphatic hydroxyl groups excluding tert-OH is 1. The number of benzene rings is 1. The summed E-state index contributed by atoms with van der Waals surface area (Å²) in [7, 11) is 1.49. The van der Waals surface area contributed by atoms with Crippen LogP contribution in [0.2, 0.25) is 0 Å². The Hall–Kier alpha value is -1.79. The van der Waals surface area contributed by atoms with E-state index in [1.54, 1.807) is 18.2 Å². The predicted octanol–water partition coefficient (Wildman–Crippen LogP) is 0.585. The van der Waals surface area contributed by atoms with Gasteiger partial charge in [-0.3, -0.25) is 4.79 Å². The van der Waals surface area contributed by atoms with Gasteiger partial charge in [-0.1, -0.05) is 0 Å². The number of aliphatic hydroxyl groups is 1. The van der Waals surface area contributed by atoms with E-state index in [0.717, 1.165) is 6.42 Å². The van der Waals surface area contributed by atoms with Gasteiger partial charge in [0.2, 0.25) is 0 Å². The number of hydrogen-bond acceptors (Lipinski definition) is 5. The zero-order valence-electron chi connectivity index (χ0n) is 11.4. The van der Waals surface area contributed by atoms with Gasteiger partial charge < -0.3 is 24.6 Å². The highest BCUT2D eigenvalue weighted by Crippen LogP contribution is 2.30. The molecule has 0 bridgehead atoms. The minimum Gasteiger partial charge on any atom is -0.490 e.